The third-order valence-electron chi connectivity index (χ3n) is 4.23. The van der Waals surface area contributed by atoms with Gasteiger partial charge in [-0.1, -0.05) is 0 Å². The Balaban J connectivity index is 2.14. The van der Waals surface area contributed by atoms with Gasteiger partial charge in [-0.3, -0.25) is 4.79 Å². The van der Waals surface area contributed by atoms with Crippen molar-refractivity contribution in [3.05, 3.63) is 20.9 Å². The molecule has 1 saturated heterocycles. The molecule has 0 aliphatic carbocycles. The Hall–Kier alpha value is -0.920. The molecule has 0 amide bonds. The lowest BCUT2D eigenvalue weighted by molar-refractivity contribution is -0.134. The number of hydrogen-bond acceptors (Lipinski definition) is 4. The minimum Gasteiger partial charge on any atom is -0.369 e. The van der Waals surface area contributed by atoms with Gasteiger partial charge in [-0.25, -0.2) is 0 Å². The van der Waals surface area contributed by atoms with E-state index in [1.807, 2.05) is 6.92 Å². The number of thiophene rings is 1. The van der Waals surface area contributed by atoms with E-state index >= 15 is 0 Å². The highest BCUT2D eigenvalue weighted by atomic mass is 32.1. The Morgan fingerprint density at radius 1 is 1.48 bits per heavy atom. The number of fused-ring (bicyclic) bond motifs is 2. The van der Waals surface area contributed by atoms with Gasteiger partial charge in [-0.15, -0.1) is 11.3 Å². The van der Waals surface area contributed by atoms with Crippen LogP contribution < -0.4 is 5.32 Å². The van der Waals surface area contributed by atoms with Crippen LogP contribution in [-0.2, 0) is 22.9 Å². The Bertz CT molecular complexity index is 569. The molecule has 0 saturated carbocycles. The average Bonchev–Trinajstić information content (AvgIpc) is 2.79. The number of carbonyl (C=O) groups is 1. The van der Waals surface area contributed by atoms with Crippen molar-refractivity contribution >= 4 is 17.6 Å². The second-order valence-corrected chi connectivity index (χ2v) is 6.69. The van der Waals surface area contributed by atoms with Crippen LogP contribution in [0.5, 0.6) is 0 Å². The first-order valence-electron chi connectivity index (χ1n) is 6.93. The quantitative estimate of drug-likeness (QED) is 0.808. The van der Waals surface area contributed by atoms with Gasteiger partial charge < -0.3 is 10.1 Å². The molecule has 1 N–H and O–H groups in total. The van der Waals surface area contributed by atoms with Crippen LogP contribution in [0.2, 0.25) is 0 Å². The van der Waals surface area contributed by atoms with Crippen LogP contribution in [-0.4, -0.2) is 25.5 Å². The molecule has 2 aliphatic heterocycles. The van der Waals surface area contributed by atoms with Crippen molar-refractivity contribution in [3.8, 4) is 0 Å². The number of halogens is 3. The highest BCUT2D eigenvalue weighted by Crippen LogP contribution is 2.50. The predicted molar refractivity (Wildman–Crippen MR) is 72.7 cm³/mol. The van der Waals surface area contributed by atoms with Crippen molar-refractivity contribution in [3.63, 3.8) is 0 Å². The van der Waals surface area contributed by atoms with E-state index in [-0.39, 0.29) is 11.6 Å². The first-order chi connectivity index (χ1) is 9.87. The number of rotatable bonds is 1. The predicted octanol–water partition coefficient (Wildman–Crippen LogP) is 3.12. The fourth-order valence-corrected chi connectivity index (χ4v) is 4.74. The Morgan fingerprint density at radius 2 is 2.24 bits per heavy atom. The van der Waals surface area contributed by atoms with Gasteiger partial charge in [-0.2, -0.15) is 13.2 Å². The maximum absolute atomic E-state index is 13.2. The lowest BCUT2D eigenvalue weighted by Gasteiger charge is -2.42. The second kappa shape index (κ2) is 5.07. The summed E-state index contributed by atoms with van der Waals surface area (Å²) in [6.07, 6.45) is -2.49. The van der Waals surface area contributed by atoms with E-state index in [0.717, 1.165) is 0 Å². The zero-order valence-electron chi connectivity index (χ0n) is 11.5. The molecule has 3 nitrogen and oxygen atoms in total. The number of alkyl halides is 3. The lowest BCUT2D eigenvalue weighted by Crippen LogP contribution is -2.48. The first-order valence-corrected chi connectivity index (χ1v) is 7.75. The standard InChI is InChI=1S/C14H16F3NO2S/c1-8-6-13(3-4-18-8)11-9(2-5-20-13)10(7-19)12(21-11)14(15,16)17/h7-8,18H,2-6H2,1H3/t8-,13+/m0/s1. The lowest BCUT2D eigenvalue weighted by atomic mass is 9.82. The molecule has 0 unspecified atom stereocenters. The van der Waals surface area contributed by atoms with E-state index in [1.165, 1.54) is 0 Å². The number of aldehydes is 1. The molecule has 1 spiro atoms. The molecule has 1 fully saturated rings. The fraction of sp³-hybridized carbons (Fsp3) is 0.643. The smallest absolute Gasteiger partial charge is 0.369 e. The van der Waals surface area contributed by atoms with Crippen molar-refractivity contribution in [2.75, 3.05) is 13.2 Å². The van der Waals surface area contributed by atoms with Crippen LogP contribution in [0.1, 0.15) is 45.4 Å². The van der Waals surface area contributed by atoms with Crippen LogP contribution in [0, 0.1) is 0 Å². The summed E-state index contributed by atoms with van der Waals surface area (Å²) in [4.78, 5) is 11.0. The third kappa shape index (κ3) is 2.41. The van der Waals surface area contributed by atoms with Gasteiger partial charge in [0.2, 0.25) is 0 Å². The van der Waals surface area contributed by atoms with E-state index in [2.05, 4.69) is 5.32 Å². The van der Waals surface area contributed by atoms with Crippen molar-refractivity contribution in [1.82, 2.24) is 5.32 Å². The highest BCUT2D eigenvalue weighted by molar-refractivity contribution is 7.12. The van der Waals surface area contributed by atoms with Crippen molar-refractivity contribution in [2.24, 2.45) is 0 Å². The van der Waals surface area contributed by atoms with E-state index in [1.54, 1.807) is 0 Å². The number of hydrogen-bond donors (Lipinski definition) is 1. The Morgan fingerprint density at radius 3 is 2.86 bits per heavy atom. The molecule has 0 aromatic carbocycles. The van der Waals surface area contributed by atoms with Crippen LogP contribution in [0.25, 0.3) is 0 Å². The molecule has 2 atom stereocenters. The molecule has 0 bridgehead atoms. The number of nitrogens with one attached hydrogen (secondary N) is 1. The number of ether oxygens (including phenoxy) is 1. The zero-order chi connectivity index (χ0) is 15.3. The van der Waals surface area contributed by atoms with E-state index in [4.69, 9.17) is 4.74 Å². The molecule has 0 radical (unpaired) electrons. The highest BCUT2D eigenvalue weighted by Gasteiger charge is 2.47. The molecule has 3 rings (SSSR count). The molecule has 21 heavy (non-hydrogen) atoms. The Kier molecular flexibility index (Phi) is 3.62. The largest absolute Gasteiger partial charge is 0.426 e. The van der Waals surface area contributed by atoms with E-state index in [0.29, 0.717) is 60.5 Å². The minimum absolute atomic E-state index is 0.181. The molecule has 1 aromatic heterocycles. The maximum atomic E-state index is 13.2. The molecular formula is C14H16F3NO2S. The van der Waals surface area contributed by atoms with Gasteiger partial charge in [0.1, 0.15) is 10.5 Å². The third-order valence-corrected chi connectivity index (χ3v) is 5.70. The summed E-state index contributed by atoms with van der Waals surface area (Å²) in [6.45, 7) is 3.07. The van der Waals surface area contributed by atoms with E-state index in [9.17, 15) is 18.0 Å². The van der Waals surface area contributed by atoms with Crippen LogP contribution in [0.4, 0.5) is 13.2 Å². The van der Waals surface area contributed by atoms with Crippen LogP contribution in [0.15, 0.2) is 0 Å². The van der Waals surface area contributed by atoms with Gasteiger partial charge >= 0.3 is 6.18 Å². The van der Waals surface area contributed by atoms with E-state index < -0.39 is 16.7 Å². The van der Waals surface area contributed by atoms with Crippen molar-refractivity contribution in [1.29, 1.82) is 0 Å². The summed E-state index contributed by atoms with van der Waals surface area (Å²) in [5.74, 6) is 0. The average molecular weight is 319 g/mol. The fourth-order valence-electron chi connectivity index (χ4n) is 3.37. The molecule has 1 aromatic rings. The summed E-state index contributed by atoms with van der Waals surface area (Å²) in [5.41, 5.74) is -0.302. The molecule has 7 heteroatoms. The summed E-state index contributed by atoms with van der Waals surface area (Å²) >= 11 is 0.692. The second-order valence-electron chi connectivity index (χ2n) is 5.67. The molecule has 3 heterocycles. The van der Waals surface area contributed by atoms with Gasteiger partial charge in [0, 0.05) is 16.5 Å². The minimum atomic E-state index is -4.49. The van der Waals surface area contributed by atoms with Crippen molar-refractivity contribution < 1.29 is 22.7 Å². The summed E-state index contributed by atoms with van der Waals surface area (Å²) in [5, 5.41) is 3.28. The van der Waals surface area contributed by atoms with Gasteiger partial charge in [-0.05, 0) is 38.3 Å². The summed E-state index contributed by atoms with van der Waals surface area (Å²) in [7, 11) is 0. The Labute approximate surface area is 124 Å². The molecule has 116 valence electrons. The molecule has 2 aliphatic rings. The maximum Gasteiger partial charge on any atom is 0.426 e. The van der Waals surface area contributed by atoms with Crippen LogP contribution in [0.3, 0.4) is 0 Å². The van der Waals surface area contributed by atoms with Crippen LogP contribution >= 0.6 is 11.3 Å². The van der Waals surface area contributed by atoms with Crippen molar-refractivity contribution in [2.45, 2.75) is 44.0 Å². The van der Waals surface area contributed by atoms with Gasteiger partial charge in [0.05, 0.1) is 6.61 Å². The normalized spacial score (nSPS) is 29.4. The van der Waals surface area contributed by atoms with Gasteiger partial charge in [0.25, 0.3) is 0 Å². The van der Waals surface area contributed by atoms with Gasteiger partial charge in [0.15, 0.2) is 6.29 Å². The SMILES string of the molecule is C[C@H]1C[C@@]2(CCN1)OCCc1c2sc(C(F)(F)F)c1C=O. The first kappa shape index (κ1) is 15.0. The summed E-state index contributed by atoms with van der Waals surface area (Å²) in [6, 6.07) is 0.181. The zero-order valence-corrected chi connectivity index (χ0v) is 12.4. The topological polar surface area (TPSA) is 38.3 Å². The molecular weight excluding hydrogens is 303 g/mol. The number of piperidine rings is 1. The summed E-state index contributed by atoms with van der Waals surface area (Å²) < 4.78 is 45.4. The number of carbonyl (C=O) groups excluding carboxylic acids is 1. The monoisotopic (exact) mass is 319 g/mol.